The van der Waals surface area contributed by atoms with Crippen molar-refractivity contribution in [2.75, 3.05) is 6.61 Å². The zero-order valence-corrected chi connectivity index (χ0v) is 12.8. The number of carbonyl (C=O) groups excluding carboxylic acids is 2. The Morgan fingerprint density at radius 2 is 1.57 bits per heavy atom. The summed E-state index contributed by atoms with van der Waals surface area (Å²) in [6, 6.07) is 20.2. The minimum atomic E-state index is -0.484. The van der Waals surface area contributed by atoms with E-state index < -0.39 is 5.97 Å². The van der Waals surface area contributed by atoms with Crippen LogP contribution >= 0.6 is 0 Å². The maximum absolute atomic E-state index is 12.3. The molecule has 3 nitrogen and oxygen atoms in total. The first-order chi connectivity index (χ1) is 11.1. The highest BCUT2D eigenvalue weighted by Gasteiger charge is 2.14. The van der Waals surface area contributed by atoms with Crippen LogP contribution < -0.4 is 0 Å². The average Bonchev–Trinajstić information content (AvgIpc) is 2.59. The highest BCUT2D eigenvalue weighted by Crippen LogP contribution is 2.19. The lowest BCUT2D eigenvalue weighted by atomic mass is 10.0. The van der Waals surface area contributed by atoms with Crippen LogP contribution in [0, 0.1) is 6.92 Å². The largest absolute Gasteiger partial charge is 0.454 e. The number of aryl methyl sites for hydroxylation is 1. The molecular weight excluding hydrogens is 288 g/mol. The van der Waals surface area contributed by atoms with Gasteiger partial charge in [0, 0.05) is 5.56 Å². The predicted octanol–water partition coefficient (Wildman–Crippen LogP) is 4.19. The van der Waals surface area contributed by atoms with E-state index in [0.29, 0.717) is 11.1 Å². The molecule has 0 fully saturated rings. The third-order valence-corrected chi connectivity index (χ3v) is 3.72. The second kappa shape index (κ2) is 6.44. The molecule has 3 aromatic carbocycles. The zero-order valence-electron chi connectivity index (χ0n) is 12.8. The summed E-state index contributed by atoms with van der Waals surface area (Å²) in [5.74, 6) is -0.694. The maximum atomic E-state index is 12.3. The molecule has 0 aliphatic heterocycles. The molecule has 0 saturated carbocycles. The first-order valence-electron chi connectivity index (χ1n) is 7.40. The van der Waals surface area contributed by atoms with Crippen molar-refractivity contribution in [1.29, 1.82) is 0 Å². The molecule has 3 rings (SSSR count). The van der Waals surface area contributed by atoms with Crippen molar-refractivity contribution < 1.29 is 14.3 Å². The Morgan fingerprint density at radius 3 is 2.35 bits per heavy atom. The molecule has 0 N–H and O–H groups in total. The van der Waals surface area contributed by atoms with Gasteiger partial charge in [0.25, 0.3) is 0 Å². The number of ketones is 1. The van der Waals surface area contributed by atoms with E-state index in [0.717, 1.165) is 16.3 Å². The fourth-order valence-corrected chi connectivity index (χ4v) is 2.44. The molecule has 0 unspecified atom stereocenters. The van der Waals surface area contributed by atoms with E-state index in [1.165, 1.54) is 0 Å². The van der Waals surface area contributed by atoms with E-state index in [9.17, 15) is 9.59 Å². The van der Waals surface area contributed by atoms with Crippen LogP contribution in [0.15, 0.2) is 66.7 Å². The number of Topliss-reactive ketones (excluding diaryl/α,β-unsaturated/α-hetero) is 1. The summed E-state index contributed by atoms with van der Waals surface area (Å²) in [4.78, 5) is 24.4. The van der Waals surface area contributed by atoms with E-state index >= 15 is 0 Å². The quantitative estimate of drug-likeness (QED) is 0.536. The summed E-state index contributed by atoms with van der Waals surface area (Å²) >= 11 is 0. The monoisotopic (exact) mass is 304 g/mol. The topological polar surface area (TPSA) is 43.4 Å². The summed E-state index contributed by atoms with van der Waals surface area (Å²) in [6.07, 6.45) is 0. The zero-order chi connectivity index (χ0) is 16.2. The number of fused-ring (bicyclic) bond motifs is 1. The normalized spacial score (nSPS) is 10.5. The van der Waals surface area contributed by atoms with Crippen LogP contribution in [0.25, 0.3) is 10.8 Å². The van der Waals surface area contributed by atoms with Crippen molar-refractivity contribution in [3.63, 3.8) is 0 Å². The number of rotatable bonds is 4. The first-order valence-corrected chi connectivity index (χ1v) is 7.40. The van der Waals surface area contributed by atoms with Gasteiger partial charge in [-0.2, -0.15) is 0 Å². The van der Waals surface area contributed by atoms with E-state index in [4.69, 9.17) is 4.74 Å². The van der Waals surface area contributed by atoms with Gasteiger partial charge in [-0.25, -0.2) is 4.79 Å². The Bertz CT molecular complexity index is 858. The van der Waals surface area contributed by atoms with Gasteiger partial charge in [0.15, 0.2) is 12.4 Å². The molecule has 0 spiro atoms. The molecule has 114 valence electrons. The third kappa shape index (κ3) is 3.29. The maximum Gasteiger partial charge on any atom is 0.339 e. The standard InChI is InChI=1S/C20H16O3/c1-14-9-11-16(12-10-14)19(21)13-23-20(22)18-8-4-6-15-5-2-3-7-17(15)18/h2-12H,13H2,1H3. The van der Waals surface area contributed by atoms with Gasteiger partial charge in [-0.3, -0.25) is 4.79 Å². The number of hydrogen-bond donors (Lipinski definition) is 0. The molecule has 0 aromatic heterocycles. The van der Waals surface area contributed by atoms with Crippen LogP contribution in [0.5, 0.6) is 0 Å². The second-order valence-electron chi connectivity index (χ2n) is 5.39. The van der Waals surface area contributed by atoms with Crippen molar-refractivity contribution >= 4 is 22.5 Å². The summed E-state index contributed by atoms with van der Waals surface area (Å²) in [5.41, 5.74) is 2.09. The van der Waals surface area contributed by atoms with Gasteiger partial charge in [-0.15, -0.1) is 0 Å². The first kappa shape index (κ1) is 15.0. The molecule has 3 heteroatoms. The minimum Gasteiger partial charge on any atom is -0.454 e. The Morgan fingerprint density at radius 1 is 0.870 bits per heavy atom. The molecule has 0 aliphatic rings. The lowest BCUT2D eigenvalue weighted by Crippen LogP contribution is -2.14. The van der Waals surface area contributed by atoms with Gasteiger partial charge in [-0.05, 0) is 23.8 Å². The van der Waals surface area contributed by atoms with Crippen molar-refractivity contribution in [3.05, 3.63) is 83.4 Å². The fraction of sp³-hybridized carbons (Fsp3) is 0.100. The van der Waals surface area contributed by atoms with Gasteiger partial charge in [-0.1, -0.05) is 66.2 Å². The predicted molar refractivity (Wildman–Crippen MR) is 89.7 cm³/mol. The molecule has 0 heterocycles. The highest BCUT2D eigenvalue weighted by molar-refractivity contribution is 6.05. The Balaban J connectivity index is 1.74. The number of benzene rings is 3. The lowest BCUT2D eigenvalue weighted by molar-refractivity contribution is 0.0476. The SMILES string of the molecule is Cc1ccc(C(=O)COC(=O)c2cccc3ccccc23)cc1. The molecular formula is C20H16O3. The van der Waals surface area contributed by atoms with Crippen molar-refractivity contribution in [3.8, 4) is 0 Å². The van der Waals surface area contributed by atoms with Crippen LogP contribution in [0.4, 0.5) is 0 Å². The Kier molecular flexibility index (Phi) is 4.20. The molecule has 0 amide bonds. The van der Waals surface area contributed by atoms with Crippen LogP contribution in [-0.2, 0) is 4.74 Å². The van der Waals surface area contributed by atoms with Crippen molar-refractivity contribution in [2.24, 2.45) is 0 Å². The van der Waals surface area contributed by atoms with Crippen LogP contribution in [0.2, 0.25) is 0 Å². The summed E-state index contributed by atoms with van der Waals surface area (Å²) in [7, 11) is 0. The van der Waals surface area contributed by atoms with Crippen LogP contribution in [-0.4, -0.2) is 18.4 Å². The lowest BCUT2D eigenvalue weighted by Gasteiger charge is -2.07. The van der Waals surface area contributed by atoms with Gasteiger partial charge >= 0.3 is 5.97 Å². The Labute approximate surface area is 134 Å². The van der Waals surface area contributed by atoms with Gasteiger partial charge in [0.2, 0.25) is 0 Å². The number of carbonyl (C=O) groups is 2. The van der Waals surface area contributed by atoms with E-state index in [1.807, 2.05) is 49.4 Å². The summed E-state index contributed by atoms with van der Waals surface area (Å²) in [5, 5.41) is 1.79. The molecule has 0 saturated heterocycles. The molecule has 0 radical (unpaired) electrons. The molecule has 0 atom stereocenters. The van der Waals surface area contributed by atoms with Crippen LogP contribution in [0.1, 0.15) is 26.3 Å². The van der Waals surface area contributed by atoms with Crippen molar-refractivity contribution in [1.82, 2.24) is 0 Å². The van der Waals surface area contributed by atoms with Gasteiger partial charge in [0.1, 0.15) is 0 Å². The second-order valence-corrected chi connectivity index (χ2v) is 5.39. The number of ether oxygens (including phenoxy) is 1. The molecule has 0 bridgehead atoms. The molecule has 23 heavy (non-hydrogen) atoms. The molecule has 0 aliphatic carbocycles. The van der Waals surface area contributed by atoms with Gasteiger partial charge in [0.05, 0.1) is 5.56 Å². The van der Waals surface area contributed by atoms with E-state index in [2.05, 4.69) is 0 Å². The number of hydrogen-bond acceptors (Lipinski definition) is 3. The summed E-state index contributed by atoms with van der Waals surface area (Å²) < 4.78 is 5.19. The van der Waals surface area contributed by atoms with E-state index in [1.54, 1.807) is 24.3 Å². The van der Waals surface area contributed by atoms with Crippen LogP contribution in [0.3, 0.4) is 0 Å². The molecule has 3 aromatic rings. The third-order valence-electron chi connectivity index (χ3n) is 3.72. The van der Waals surface area contributed by atoms with Gasteiger partial charge < -0.3 is 4.74 Å². The Hall–Kier alpha value is -2.94. The highest BCUT2D eigenvalue weighted by atomic mass is 16.5. The van der Waals surface area contributed by atoms with E-state index in [-0.39, 0.29) is 12.4 Å². The summed E-state index contributed by atoms with van der Waals surface area (Å²) in [6.45, 7) is 1.69. The number of esters is 1. The smallest absolute Gasteiger partial charge is 0.339 e. The average molecular weight is 304 g/mol. The fourth-order valence-electron chi connectivity index (χ4n) is 2.44. The minimum absolute atomic E-state index is 0.210. The van der Waals surface area contributed by atoms with Crippen molar-refractivity contribution in [2.45, 2.75) is 6.92 Å².